The molecule has 3 nitrogen and oxygen atoms in total. The van der Waals surface area contributed by atoms with Gasteiger partial charge < -0.3 is 15.0 Å². The Morgan fingerprint density at radius 3 is 2.58 bits per heavy atom. The van der Waals surface area contributed by atoms with E-state index < -0.39 is 0 Å². The van der Waals surface area contributed by atoms with Crippen molar-refractivity contribution >= 4 is 0 Å². The van der Waals surface area contributed by atoms with E-state index in [1.54, 1.807) is 0 Å². The van der Waals surface area contributed by atoms with Crippen molar-refractivity contribution < 1.29 is 4.74 Å². The molecule has 1 rings (SSSR count). The first-order chi connectivity index (χ1) is 8.89. The van der Waals surface area contributed by atoms with Crippen molar-refractivity contribution in [2.75, 3.05) is 39.3 Å². The number of hydrogen-bond acceptors (Lipinski definition) is 3. The van der Waals surface area contributed by atoms with Gasteiger partial charge in [0.15, 0.2) is 0 Å². The van der Waals surface area contributed by atoms with Crippen LogP contribution in [0.4, 0.5) is 0 Å². The third-order valence-corrected chi connectivity index (χ3v) is 4.05. The molecule has 1 aliphatic heterocycles. The highest BCUT2D eigenvalue weighted by atomic mass is 16.5. The van der Waals surface area contributed by atoms with Gasteiger partial charge in [0.1, 0.15) is 0 Å². The summed E-state index contributed by atoms with van der Waals surface area (Å²) in [5.41, 5.74) is 0.469. The van der Waals surface area contributed by atoms with Crippen molar-refractivity contribution in [3.63, 3.8) is 0 Å². The molecule has 0 aliphatic carbocycles. The SMILES string of the molecule is CC(C)OCCCNCCN1CCC(C(C)(C)C)C1. The molecule has 1 atom stereocenters. The van der Waals surface area contributed by atoms with E-state index in [9.17, 15) is 0 Å². The van der Waals surface area contributed by atoms with Crippen molar-refractivity contribution in [1.29, 1.82) is 0 Å². The quantitative estimate of drug-likeness (QED) is 0.686. The predicted octanol–water partition coefficient (Wildman–Crippen LogP) is 2.76. The Morgan fingerprint density at radius 2 is 2.00 bits per heavy atom. The number of rotatable bonds is 8. The summed E-state index contributed by atoms with van der Waals surface area (Å²) in [5.74, 6) is 0.868. The van der Waals surface area contributed by atoms with Crippen LogP contribution in [-0.4, -0.2) is 50.3 Å². The largest absolute Gasteiger partial charge is 0.379 e. The summed E-state index contributed by atoms with van der Waals surface area (Å²) in [6, 6.07) is 0. The van der Waals surface area contributed by atoms with E-state index in [1.165, 1.54) is 26.1 Å². The Bertz CT molecular complexity index is 235. The highest BCUT2D eigenvalue weighted by molar-refractivity contribution is 4.83. The number of nitrogens with zero attached hydrogens (tertiary/aromatic N) is 1. The molecule has 0 aromatic heterocycles. The second kappa shape index (κ2) is 8.23. The average molecular weight is 270 g/mol. The molecule has 0 aromatic rings. The number of hydrogen-bond donors (Lipinski definition) is 1. The van der Waals surface area contributed by atoms with Crippen LogP contribution in [0.15, 0.2) is 0 Å². The maximum atomic E-state index is 5.52. The summed E-state index contributed by atoms with van der Waals surface area (Å²) in [7, 11) is 0. The standard InChI is InChI=1S/C16H34N2O/c1-14(2)19-12-6-8-17-9-11-18-10-7-15(13-18)16(3,4)5/h14-15,17H,6-13H2,1-5H3. The molecular weight excluding hydrogens is 236 g/mol. The van der Waals surface area contributed by atoms with E-state index in [1.807, 2.05) is 0 Å². The molecule has 0 radical (unpaired) electrons. The molecule has 1 fully saturated rings. The molecule has 1 saturated heterocycles. The summed E-state index contributed by atoms with van der Waals surface area (Å²) in [5, 5.41) is 3.52. The molecule has 0 amide bonds. The molecular formula is C16H34N2O. The molecule has 0 saturated carbocycles. The van der Waals surface area contributed by atoms with Crippen molar-refractivity contribution in [2.45, 2.75) is 53.6 Å². The summed E-state index contributed by atoms with van der Waals surface area (Å²) >= 11 is 0. The van der Waals surface area contributed by atoms with Crippen LogP contribution in [0.3, 0.4) is 0 Å². The molecule has 19 heavy (non-hydrogen) atoms. The zero-order chi connectivity index (χ0) is 14.3. The Kier molecular flexibility index (Phi) is 7.33. The average Bonchev–Trinajstić information content (AvgIpc) is 2.75. The van der Waals surface area contributed by atoms with Gasteiger partial charge >= 0.3 is 0 Å². The van der Waals surface area contributed by atoms with Crippen LogP contribution in [0, 0.1) is 11.3 Å². The summed E-state index contributed by atoms with van der Waals surface area (Å²) in [6.45, 7) is 18.1. The fraction of sp³-hybridized carbons (Fsp3) is 1.00. The number of ether oxygens (including phenoxy) is 1. The summed E-state index contributed by atoms with van der Waals surface area (Å²) in [4.78, 5) is 2.60. The van der Waals surface area contributed by atoms with Gasteiger partial charge in [-0.3, -0.25) is 0 Å². The molecule has 0 spiro atoms. The molecule has 0 aromatic carbocycles. The zero-order valence-electron chi connectivity index (χ0n) is 13.7. The van der Waals surface area contributed by atoms with Gasteiger partial charge in [0.05, 0.1) is 6.10 Å². The Hall–Kier alpha value is -0.120. The lowest BCUT2D eigenvalue weighted by Gasteiger charge is -2.27. The second-order valence-electron chi connectivity index (χ2n) is 7.18. The second-order valence-corrected chi connectivity index (χ2v) is 7.18. The van der Waals surface area contributed by atoms with Gasteiger partial charge in [-0.1, -0.05) is 20.8 Å². The van der Waals surface area contributed by atoms with Crippen LogP contribution in [-0.2, 0) is 4.74 Å². The lowest BCUT2D eigenvalue weighted by molar-refractivity contribution is 0.0770. The van der Waals surface area contributed by atoms with Gasteiger partial charge in [0.25, 0.3) is 0 Å². The molecule has 0 bridgehead atoms. The smallest absolute Gasteiger partial charge is 0.0518 e. The molecule has 1 aliphatic rings. The van der Waals surface area contributed by atoms with Crippen LogP contribution in [0.1, 0.15) is 47.5 Å². The minimum absolute atomic E-state index is 0.360. The zero-order valence-corrected chi connectivity index (χ0v) is 13.7. The van der Waals surface area contributed by atoms with E-state index in [-0.39, 0.29) is 0 Å². The summed E-state index contributed by atoms with van der Waals surface area (Å²) < 4.78 is 5.52. The Labute approximate surface area is 120 Å². The number of likely N-dealkylation sites (tertiary alicyclic amines) is 1. The van der Waals surface area contributed by atoms with Gasteiger partial charge in [-0.25, -0.2) is 0 Å². The minimum Gasteiger partial charge on any atom is -0.379 e. The lowest BCUT2D eigenvalue weighted by atomic mass is 9.80. The van der Waals surface area contributed by atoms with Crippen molar-refractivity contribution in [3.05, 3.63) is 0 Å². The van der Waals surface area contributed by atoms with E-state index in [0.717, 1.165) is 32.0 Å². The van der Waals surface area contributed by atoms with Gasteiger partial charge in [-0.05, 0) is 51.1 Å². The maximum Gasteiger partial charge on any atom is 0.0518 e. The van der Waals surface area contributed by atoms with Gasteiger partial charge in [0, 0.05) is 26.2 Å². The fourth-order valence-corrected chi connectivity index (χ4v) is 2.62. The van der Waals surface area contributed by atoms with Gasteiger partial charge in [-0.2, -0.15) is 0 Å². The normalized spacial score (nSPS) is 21.5. The predicted molar refractivity (Wildman–Crippen MR) is 82.6 cm³/mol. The minimum atomic E-state index is 0.360. The van der Waals surface area contributed by atoms with E-state index >= 15 is 0 Å². The van der Waals surface area contributed by atoms with E-state index in [4.69, 9.17) is 4.74 Å². The third-order valence-electron chi connectivity index (χ3n) is 4.05. The lowest BCUT2D eigenvalue weighted by Crippen LogP contribution is -2.32. The van der Waals surface area contributed by atoms with Crippen LogP contribution >= 0.6 is 0 Å². The van der Waals surface area contributed by atoms with Crippen molar-refractivity contribution in [2.24, 2.45) is 11.3 Å². The summed E-state index contributed by atoms with van der Waals surface area (Å²) in [6.07, 6.45) is 2.84. The highest BCUT2D eigenvalue weighted by Crippen LogP contribution is 2.33. The maximum absolute atomic E-state index is 5.52. The molecule has 1 N–H and O–H groups in total. The molecule has 114 valence electrons. The number of nitrogens with one attached hydrogen (secondary N) is 1. The van der Waals surface area contributed by atoms with Crippen LogP contribution in [0.5, 0.6) is 0 Å². The van der Waals surface area contributed by atoms with E-state index in [2.05, 4.69) is 44.8 Å². The first-order valence-electron chi connectivity index (χ1n) is 7.94. The van der Waals surface area contributed by atoms with Crippen molar-refractivity contribution in [1.82, 2.24) is 10.2 Å². The highest BCUT2D eigenvalue weighted by Gasteiger charge is 2.31. The third kappa shape index (κ3) is 7.28. The Balaban J connectivity index is 1.97. The first-order valence-corrected chi connectivity index (χ1v) is 7.94. The molecule has 1 unspecified atom stereocenters. The van der Waals surface area contributed by atoms with Crippen LogP contribution in [0.2, 0.25) is 0 Å². The van der Waals surface area contributed by atoms with E-state index in [0.29, 0.717) is 11.5 Å². The molecule has 3 heteroatoms. The first kappa shape index (κ1) is 16.9. The molecule has 1 heterocycles. The van der Waals surface area contributed by atoms with Crippen LogP contribution < -0.4 is 5.32 Å². The topological polar surface area (TPSA) is 24.5 Å². The van der Waals surface area contributed by atoms with Gasteiger partial charge in [0.2, 0.25) is 0 Å². The van der Waals surface area contributed by atoms with Crippen LogP contribution in [0.25, 0.3) is 0 Å². The monoisotopic (exact) mass is 270 g/mol. The Morgan fingerprint density at radius 1 is 1.26 bits per heavy atom. The van der Waals surface area contributed by atoms with Crippen molar-refractivity contribution in [3.8, 4) is 0 Å². The fourth-order valence-electron chi connectivity index (χ4n) is 2.62. The van der Waals surface area contributed by atoms with Gasteiger partial charge in [-0.15, -0.1) is 0 Å².